The quantitative estimate of drug-likeness (QED) is 0.676. The largest absolute Gasteiger partial charge is 0.493 e. The molecule has 1 fully saturated rings. The average molecular weight is 399 g/mol. The fourth-order valence-corrected chi connectivity index (χ4v) is 3.69. The smallest absolute Gasteiger partial charge is 0.254 e. The Hall–Kier alpha value is -2.73. The van der Waals surface area contributed by atoms with Crippen LogP contribution in [0.5, 0.6) is 17.2 Å². The maximum absolute atomic E-state index is 13.1. The highest BCUT2D eigenvalue weighted by Crippen LogP contribution is 2.38. The van der Waals surface area contributed by atoms with Crippen molar-refractivity contribution in [2.24, 2.45) is 5.92 Å². The Balaban J connectivity index is 1.63. The second-order valence-corrected chi connectivity index (χ2v) is 7.17. The summed E-state index contributed by atoms with van der Waals surface area (Å²) in [5.41, 5.74) is 1.69. The molecule has 156 valence electrons. The number of likely N-dealkylation sites (tertiary alicyclic amines) is 1. The first-order valence-electron chi connectivity index (χ1n) is 9.87. The van der Waals surface area contributed by atoms with E-state index < -0.39 is 0 Å². The normalized spacial score (nSPS) is 16.4. The molecule has 2 aromatic rings. The number of hydrogen-bond donors (Lipinski definition) is 0. The van der Waals surface area contributed by atoms with Gasteiger partial charge in [0.05, 0.1) is 34.5 Å². The van der Waals surface area contributed by atoms with Gasteiger partial charge in [-0.05, 0) is 36.5 Å². The van der Waals surface area contributed by atoms with E-state index >= 15 is 0 Å². The van der Waals surface area contributed by atoms with Gasteiger partial charge in [0.2, 0.25) is 5.75 Å². The van der Waals surface area contributed by atoms with Gasteiger partial charge in [0.1, 0.15) is 0 Å². The number of carbonyl (C=O) groups is 1. The lowest BCUT2D eigenvalue weighted by molar-refractivity contribution is 0.0425. The van der Waals surface area contributed by atoms with E-state index in [1.54, 1.807) is 33.5 Å². The third-order valence-corrected chi connectivity index (χ3v) is 5.18. The number of methoxy groups -OCH3 is 3. The molecule has 1 heterocycles. The molecule has 0 radical (unpaired) electrons. The summed E-state index contributed by atoms with van der Waals surface area (Å²) < 4.78 is 22.0. The molecule has 0 spiro atoms. The number of piperidine rings is 1. The summed E-state index contributed by atoms with van der Waals surface area (Å²) in [4.78, 5) is 15.0. The number of benzene rings is 2. The molecule has 0 bridgehead atoms. The fraction of sp³-hybridized carbons (Fsp3) is 0.435. The maximum atomic E-state index is 13.1. The zero-order valence-corrected chi connectivity index (χ0v) is 17.3. The molecule has 3 rings (SSSR count). The van der Waals surface area contributed by atoms with E-state index in [-0.39, 0.29) is 5.91 Å². The molecule has 29 heavy (non-hydrogen) atoms. The van der Waals surface area contributed by atoms with Crippen molar-refractivity contribution in [2.45, 2.75) is 19.4 Å². The van der Waals surface area contributed by atoms with E-state index in [0.717, 1.165) is 24.9 Å². The molecule has 6 nitrogen and oxygen atoms in total. The van der Waals surface area contributed by atoms with Crippen molar-refractivity contribution in [3.63, 3.8) is 0 Å². The van der Waals surface area contributed by atoms with Crippen molar-refractivity contribution in [3.8, 4) is 17.2 Å². The summed E-state index contributed by atoms with van der Waals surface area (Å²) in [5, 5.41) is 0. The molecule has 1 unspecified atom stereocenters. The summed E-state index contributed by atoms with van der Waals surface area (Å²) in [6.07, 6.45) is 2.03. The van der Waals surface area contributed by atoms with Gasteiger partial charge in [-0.15, -0.1) is 0 Å². The van der Waals surface area contributed by atoms with Crippen LogP contribution in [0.25, 0.3) is 0 Å². The van der Waals surface area contributed by atoms with Crippen LogP contribution in [0, 0.1) is 5.92 Å². The van der Waals surface area contributed by atoms with Gasteiger partial charge in [0, 0.05) is 18.7 Å². The molecule has 0 N–H and O–H groups in total. The average Bonchev–Trinajstić information content (AvgIpc) is 2.78. The van der Waals surface area contributed by atoms with Crippen LogP contribution < -0.4 is 14.2 Å². The van der Waals surface area contributed by atoms with Gasteiger partial charge in [0.25, 0.3) is 5.91 Å². The minimum atomic E-state index is -0.0305. The summed E-state index contributed by atoms with van der Waals surface area (Å²) in [6, 6.07) is 13.5. The van der Waals surface area contributed by atoms with E-state index in [1.807, 2.05) is 23.1 Å². The Morgan fingerprint density at radius 3 is 2.34 bits per heavy atom. The van der Waals surface area contributed by atoms with Crippen LogP contribution in [0.15, 0.2) is 42.5 Å². The van der Waals surface area contributed by atoms with Crippen LogP contribution in [-0.4, -0.2) is 51.8 Å². The molecule has 1 saturated heterocycles. The Morgan fingerprint density at radius 2 is 1.72 bits per heavy atom. The van der Waals surface area contributed by atoms with Crippen molar-refractivity contribution in [2.75, 3.05) is 41.0 Å². The van der Waals surface area contributed by atoms with Gasteiger partial charge in [-0.25, -0.2) is 0 Å². The molecule has 2 aromatic carbocycles. The Morgan fingerprint density at radius 1 is 1.03 bits per heavy atom. The topological polar surface area (TPSA) is 57.2 Å². The van der Waals surface area contributed by atoms with Crippen molar-refractivity contribution in [1.29, 1.82) is 0 Å². The van der Waals surface area contributed by atoms with E-state index in [1.165, 1.54) is 0 Å². The second-order valence-electron chi connectivity index (χ2n) is 7.17. The minimum absolute atomic E-state index is 0.0305. The van der Waals surface area contributed by atoms with Crippen LogP contribution in [0.2, 0.25) is 0 Å². The van der Waals surface area contributed by atoms with E-state index in [9.17, 15) is 4.79 Å². The first-order valence-corrected chi connectivity index (χ1v) is 9.87. The molecular formula is C23H29NO5. The van der Waals surface area contributed by atoms with Crippen LogP contribution in [0.4, 0.5) is 0 Å². The number of hydrogen-bond acceptors (Lipinski definition) is 5. The molecule has 0 aromatic heterocycles. The summed E-state index contributed by atoms with van der Waals surface area (Å²) in [6.45, 7) is 2.67. The van der Waals surface area contributed by atoms with Gasteiger partial charge in [-0.3, -0.25) is 4.79 Å². The fourth-order valence-electron chi connectivity index (χ4n) is 3.69. The molecule has 1 aliphatic heterocycles. The minimum Gasteiger partial charge on any atom is -0.493 e. The van der Waals surface area contributed by atoms with Crippen molar-refractivity contribution >= 4 is 5.91 Å². The number of carbonyl (C=O) groups excluding carboxylic acids is 1. The third-order valence-electron chi connectivity index (χ3n) is 5.18. The highest BCUT2D eigenvalue weighted by atomic mass is 16.5. The first kappa shape index (κ1) is 21.0. The SMILES string of the molecule is COc1cc(C(=O)N2CCCC(COCc3ccccc3)C2)cc(OC)c1OC. The summed E-state index contributed by atoms with van der Waals surface area (Å²) >= 11 is 0. The van der Waals surface area contributed by atoms with E-state index in [0.29, 0.717) is 48.5 Å². The van der Waals surface area contributed by atoms with Crippen molar-refractivity contribution in [1.82, 2.24) is 4.90 Å². The summed E-state index contributed by atoms with van der Waals surface area (Å²) in [7, 11) is 4.64. The molecule has 0 aliphatic carbocycles. The predicted molar refractivity (Wildman–Crippen MR) is 111 cm³/mol. The maximum Gasteiger partial charge on any atom is 0.254 e. The Labute approximate surface area is 172 Å². The standard InChI is InChI=1S/C23H29NO5/c1-26-20-12-19(13-21(27-2)22(20)28-3)23(25)24-11-7-10-18(14-24)16-29-15-17-8-5-4-6-9-17/h4-6,8-9,12-13,18H,7,10-11,14-16H2,1-3H3. The van der Waals surface area contributed by atoms with Gasteiger partial charge >= 0.3 is 0 Å². The van der Waals surface area contributed by atoms with E-state index in [4.69, 9.17) is 18.9 Å². The van der Waals surface area contributed by atoms with Crippen LogP contribution in [0.3, 0.4) is 0 Å². The molecule has 0 saturated carbocycles. The molecular weight excluding hydrogens is 370 g/mol. The van der Waals surface area contributed by atoms with Gasteiger partial charge < -0.3 is 23.8 Å². The van der Waals surface area contributed by atoms with Crippen molar-refractivity contribution in [3.05, 3.63) is 53.6 Å². The third kappa shape index (κ3) is 5.21. The lowest BCUT2D eigenvalue weighted by Crippen LogP contribution is -2.41. The molecule has 1 aliphatic rings. The lowest BCUT2D eigenvalue weighted by atomic mass is 9.98. The highest BCUT2D eigenvalue weighted by Gasteiger charge is 2.26. The summed E-state index contributed by atoms with van der Waals surface area (Å²) in [5.74, 6) is 1.75. The number of amides is 1. The second kappa shape index (κ2) is 10.2. The Bertz CT molecular complexity index is 783. The number of ether oxygens (including phenoxy) is 4. The molecule has 6 heteroatoms. The number of rotatable bonds is 8. The van der Waals surface area contributed by atoms with Crippen LogP contribution >= 0.6 is 0 Å². The number of nitrogens with zero attached hydrogens (tertiary/aromatic N) is 1. The van der Waals surface area contributed by atoms with Gasteiger partial charge in [-0.2, -0.15) is 0 Å². The first-order chi connectivity index (χ1) is 14.2. The predicted octanol–water partition coefficient (Wildman–Crippen LogP) is 3.78. The van der Waals surface area contributed by atoms with E-state index in [2.05, 4.69) is 12.1 Å². The van der Waals surface area contributed by atoms with Crippen molar-refractivity contribution < 1.29 is 23.7 Å². The monoisotopic (exact) mass is 399 g/mol. The van der Waals surface area contributed by atoms with Crippen LogP contribution in [0.1, 0.15) is 28.8 Å². The molecule has 1 atom stereocenters. The zero-order valence-electron chi connectivity index (χ0n) is 17.3. The van der Waals surface area contributed by atoms with Gasteiger partial charge in [0.15, 0.2) is 11.5 Å². The van der Waals surface area contributed by atoms with Crippen LogP contribution in [-0.2, 0) is 11.3 Å². The Kier molecular flexibility index (Phi) is 7.36. The van der Waals surface area contributed by atoms with Gasteiger partial charge in [-0.1, -0.05) is 30.3 Å². The lowest BCUT2D eigenvalue weighted by Gasteiger charge is -2.33. The zero-order chi connectivity index (χ0) is 20.6. The molecule has 1 amide bonds. The highest BCUT2D eigenvalue weighted by molar-refractivity contribution is 5.95.